The molecule has 2 aromatic rings. The number of nitrogens with one attached hydrogen (secondary N) is 1. The number of hydrogen-bond donors (Lipinski definition) is 1. The molecule has 0 bridgehead atoms. The molecule has 2 rings (SSSR count). The highest BCUT2D eigenvalue weighted by molar-refractivity contribution is 9.10. The first-order valence-corrected chi connectivity index (χ1v) is 7.19. The molecule has 108 valence electrons. The third kappa shape index (κ3) is 4.49. The Labute approximate surface area is 130 Å². The Morgan fingerprint density at radius 3 is 2.33 bits per heavy atom. The van der Waals surface area contributed by atoms with Gasteiger partial charge in [-0.05, 0) is 36.4 Å². The lowest BCUT2D eigenvalue weighted by Crippen LogP contribution is -2.13. The second kappa shape index (κ2) is 7.13. The number of ketones is 1. The van der Waals surface area contributed by atoms with E-state index in [4.69, 9.17) is 0 Å². The Bertz CT molecular complexity index is 656. The molecule has 0 aliphatic heterocycles. The van der Waals surface area contributed by atoms with Gasteiger partial charge < -0.3 is 5.32 Å². The predicted octanol–water partition coefficient (Wildman–Crippen LogP) is 4.19. The van der Waals surface area contributed by atoms with Crippen molar-refractivity contribution < 1.29 is 14.0 Å². The van der Waals surface area contributed by atoms with Crippen molar-refractivity contribution in [3.05, 3.63) is 64.4 Å². The zero-order chi connectivity index (χ0) is 15.2. The van der Waals surface area contributed by atoms with E-state index in [1.807, 2.05) is 0 Å². The van der Waals surface area contributed by atoms with Crippen LogP contribution in [0.4, 0.5) is 10.1 Å². The Balaban J connectivity index is 1.88. The third-order valence-electron chi connectivity index (χ3n) is 2.88. The van der Waals surface area contributed by atoms with Gasteiger partial charge in [0.15, 0.2) is 5.78 Å². The van der Waals surface area contributed by atoms with Crippen LogP contribution < -0.4 is 5.32 Å². The minimum Gasteiger partial charge on any atom is -0.326 e. The maximum absolute atomic E-state index is 13.4. The quantitative estimate of drug-likeness (QED) is 0.822. The molecular weight excluding hydrogens is 337 g/mol. The smallest absolute Gasteiger partial charge is 0.224 e. The average molecular weight is 350 g/mol. The molecule has 21 heavy (non-hydrogen) atoms. The summed E-state index contributed by atoms with van der Waals surface area (Å²) >= 11 is 3.30. The molecule has 0 atom stereocenters. The number of halogens is 2. The first kappa shape index (κ1) is 15.4. The fourth-order valence-corrected chi connectivity index (χ4v) is 2.07. The highest BCUT2D eigenvalue weighted by Gasteiger charge is 2.12. The van der Waals surface area contributed by atoms with E-state index in [0.717, 1.165) is 4.47 Å². The summed E-state index contributed by atoms with van der Waals surface area (Å²) in [6.07, 6.45) is -0.00741. The van der Waals surface area contributed by atoms with Crippen LogP contribution in [0.5, 0.6) is 0 Å². The van der Waals surface area contributed by atoms with Crippen LogP contribution in [0.2, 0.25) is 0 Å². The third-order valence-corrected chi connectivity index (χ3v) is 3.41. The largest absolute Gasteiger partial charge is 0.326 e. The van der Waals surface area contributed by atoms with Crippen molar-refractivity contribution in [2.75, 3.05) is 5.32 Å². The van der Waals surface area contributed by atoms with E-state index < -0.39 is 5.82 Å². The number of amides is 1. The van der Waals surface area contributed by atoms with Crippen molar-refractivity contribution in [2.24, 2.45) is 0 Å². The van der Waals surface area contributed by atoms with Crippen molar-refractivity contribution >= 4 is 33.3 Å². The van der Waals surface area contributed by atoms with Crippen LogP contribution in [-0.4, -0.2) is 11.7 Å². The normalized spacial score (nSPS) is 10.2. The van der Waals surface area contributed by atoms with E-state index in [1.54, 1.807) is 30.3 Å². The Hall–Kier alpha value is -2.01. The van der Waals surface area contributed by atoms with Crippen LogP contribution in [-0.2, 0) is 4.79 Å². The van der Waals surface area contributed by atoms with Crippen LogP contribution >= 0.6 is 15.9 Å². The zero-order valence-corrected chi connectivity index (χ0v) is 12.7. The zero-order valence-electron chi connectivity index (χ0n) is 11.1. The number of carbonyl (C=O) groups excluding carboxylic acids is 2. The Morgan fingerprint density at radius 1 is 1.00 bits per heavy atom. The van der Waals surface area contributed by atoms with Crippen molar-refractivity contribution in [1.82, 2.24) is 0 Å². The maximum Gasteiger partial charge on any atom is 0.224 e. The van der Waals surface area contributed by atoms with Gasteiger partial charge in [-0.1, -0.05) is 28.1 Å². The van der Waals surface area contributed by atoms with Crippen molar-refractivity contribution in [3.63, 3.8) is 0 Å². The molecule has 3 nitrogen and oxygen atoms in total. The van der Waals surface area contributed by atoms with Crippen LogP contribution in [0.15, 0.2) is 53.0 Å². The van der Waals surface area contributed by atoms with Gasteiger partial charge >= 0.3 is 0 Å². The van der Waals surface area contributed by atoms with E-state index >= 15 is 0 Å². The molecule has 0 unspecified atom stereocenters. The summed E-state index contributed by atoms with van der Waals surface area (Å²) < 4.78 is 14.3. The van der Waals surface area contributed by atoms with E-state index in [1.165, 1.54) is 18.2 Å². The molecular formula is C16H13BrFNO2. The second-order valence-electron chi connectivity index (χ2n) is 4.46. The van der Waals surface area contributed by atoms with Crippen molar-refractivity contribution in [1.29, 1.82) is 0 Å². The van der Waals surface area contributed by atoms with E-state index in [2.05, 4.69) is 21.2 Å². The predicted molar refractivity (Wildman–Crippen MR) is 82.7 cm³/mol. The van der Waals surface area contributed by atoms with Crippen LogP contribution in [0.25, 0.3) is 0 Å². The summed E-state index contributed by atoms with van der Waals surface area (Å²) in [4.78, 5) is 23.6. The summed E-state index contributed by atoms with van der Waals surface area (Å²) in [6, 6.07) is 12.9. The molecule has 0 saturated heterocycles. The monoisotopic (exact) mass is 349 g/mol. The van der Waals surface area contributed by atoms with Crippen molar-refractivity contribution in [2.45, 2.75) is 12.8 Å². The molecule has 0 radical (unpaired) electrons. The summed E-state index contributed by atoms with van der Waals surface area (Å²) in [5, 5.41) is 2.68. The molecule has 0 aromatic heterocycles. The fourth-order valence-electron chi connectivity index (χ4n) is 1.81. The number of anilines is 1. The lowest BCUT2D eigenvalue weighted by Gasteiger charge is -2.05. The molecule has 0 aliphatic carbocycles. The standard InChI is InChI=1S/C16H13BrFNO2/c17-11-5-7-12(8-6-11)19-16(21)10-9-15(20)13-3-1-2-4-14(13)18/h1-8H,9-10H2,(H,19,21). The number of Topliss-reactive ketones (excluding diaryl/α,β-unsaturated/α-hetero) is 1. The number of benzene rings is 2. The number of rotatable bonds is 5. The molecule has 0 heterocycles. The molecule has 1 amide bonds. The van der Waals surface area contributed by atoms with E-state index in [9.17, 15) is 14.0 Å². The van der Waals surface area contributed by atoms with Gasteiger partial charge in [-0.3, -0.25) is 9.59 Å². The summed E-state index contributed by atoms with van der Waals surface area (Å²) in [7, 11) is 0. The van der Waals surface area contributed by atoms with Gasteiger partial charge in [0.05, 0.1) is 5.56 Å². The summed E-state index contributed by atoms with van der Waals surface area (Å²) in [6.45, 7) is 0. The molecule has 1 N–H and O–H groups in total. The maximum atomic E-state index is 13.4. The molecule has 0 fully saturated rings. The lowest BCUT2D eigenvalue weighted by atomic mass is 10.1. The fraction of sp³-hybridized carbons (Fsp3) is 0.125. The SMILES string of the molecule is O=C(CCC(=O)c1ccccc1F)Nc1ccc(Br)cc1. The topological polar surface area (TPSA) is 46.2 Å². The molecule has 2 aromatic carbocycles. The Kier molecular flexibility index (Phi) is 5.22. The van der Waals surface area contributed by atoms with Crippen LogP contribution in [0.1, 0.15) is 23.2 Å². The van der Waals surface area contributed by atoms with Gasteiger partial charge in [-0.25, -0.2) is 4.39 Å². The van der Waals surface area contributed by atoms with Crippen LogP contribution in [0.3, 0.4) is 0 Å². The van der Waals surface area contributed by atoms with E-state index in [0.29, 0.717) is 5.69 Å². The Morgan fingerprint density at radius 2 is 1.67 bits per heavy atom. The molecule has 0 saturated carbocycles. The average Bonchev–Trinajstić information content (AvgIpc) is 2.48. The van der Waals surface area contributed by atoms with Crippen LogP contribution in [0, 0.1) is 5.82 Å². The van der Waals surface area contributed by atoms with Gasteiger partial charge in [-0.15, -0.1) is 0 Å². The van der Waals surface area contributed by atoms with Gasteiger partial charge in [0.1, 0.15) is 5.82 Å². The van der Waals surface area contributed by atoms with Gasteiger partial charge in [-0.2, -0.15) is 0 Å². The molecule has 0 aliphatic rings. The van der Waals surface area contributed by atoms with E-state index in [-0.39, 0.29) is 30.1 Å². The highest BCUT2D eigenvalue weighted by Crippen LogP contribution is 2.15. The first-order chi connectivity index (χ1) is 10.1. The number of carbonyl (C=O) groups is 2. The lowest BCUT2D eigenvalue weighted by molar-refractivity contribution is -0.116. The second-order valence-corrected chi connectivity index (χ2v) is 5.37. The molecule has 5 heteroatoms. The van der Waals surface area contributed by atoms with Crippen molar-refractivity contribution in [3.8, 4) is 0 Å². The number of hydrogen-bond acceptors (Lipinski definition) is 2. The highest BCUT2D eigenvalue weighted by atomic mass is 79.9. The molecule has 0 spiro atoms. The van der Waals surface area contributed by atoms with Gasteiger partial charge in [0.2, 0.25) is 5.91 Å². The summed E-state index contributed by atoms with van der Waals surface area (Å²) in [5.41, 5.74) is 0.676. The summed E-state index contributed by atoms with van der Waals surface area (Å²) in [5.74, 6) is -1.21. The first-order valence-electron chi connectivity index (χ1n) is 6.39. The minimum absolute atomic E-state index is 0.0171. The minimum atomic E-state index is -0.559. The van der Waals surface area contributed by atoms with Gasteiger partial charge in [0, 0.05) is 23.0 Å². The van der Waals surface area contributed by atoms with Gasteiger partial charge in [0.25, 0.3) is 0 Å².